The van der Waals surface area contributed by atoms with Crippen molar-refractivity contribution in [1.82, 2.24) is 4.90 Å². The summed E-state index contributed by atoms with van der Waals surface area (Å²) in [6.45, 7) is 4.52. The quantitative estimate of drug-likeness (QED) is 0.719. The fourth-order valence-corrected chi connectivity index (χ4v) is 2.78. The van der Waals surface area contributed by atoms with Crippen molar-refractivity contribution >= 4 is 40.7 Å². The fourth-order valence-electron chi connectivity index (χ4n) is 2.29. The molecule has 27 heavy (non-hydrogen) atoms. The van der Waals surface area contributed by atoms with Crippen molar-refractivity contribution in [2.24, 2.45) is 5.92 Å². The SMILES string of the molecule is CC(C)COc1cccc(C(=O)N(C)CC(=O)Nc2c(Cl)cccc2Cl)c1. The zero-order valence-corrected chi connectivity index (χ0v) is 17.0. The van der Waals surface area contributed by atoms with Crippen LogP contribution in [-0.4, -0.2) is 36.9 Å². The summed E-state index contributed by atoms with van der Waals surface area (Å²) < 4.78 is 5.65. The number of rotatable bonds is 7. The first kappa shape index (κ1) is 21.1. The maximum atomic E-state index is 12.6. The van der Waals surface area contributed by atoms with Crippen molar-refractivity contribution in [2.45, 2.75) is 13.8 Å². The number of halogens is 2. The summed E-state index contributed by atoms with van der Waals surface area (Å²) in [4.78, 5) is 26.2. The predicted octanol–water partition coefficient (Wildman–Crippen LogP) is 4.74. The fraction of sp³-hybridized carbons (Fsp3) is 0.300. The highest BCUT2D eigenvalue weighted by molar-refractivity contribution is 6.39. The molecule has 2 amide bonds. The highest BCUT2D eigenvalue weighted by Crippen LogP contribution is 2.29. The molecule has 0 atom stereocenters. The Labute approximate surface area is 169 Å². The molecule has 0 spiro atoms. The Bertz CT molecular complexity index is 804. The van der Waals surface area contributed by atoms with E-state index in [0.29, 0.717) is 39.6 Å². The second kappa shape index (κ2) is 9.62. The van der Waals surface area contributed by atoms with E-state index in [1.165, 1.54) is 4.90 Å². The van der Waals surface area contributed by atoms with Crippen LogP contribution in [0, 0.1) is 5.92 Å². The molecule has 0 heterocycles. The number of hydrogen-bond donors (Lipinski definition) is 1. The van der Waals surface area contributed by atoms with Crippen LogP contribution < -0.4 is 10.1 Å². The number of amides is 2. The van der Waals surface area contributed by atoms with Crippen LogP contribution in [0.2, 0.25) is 10.0 Å². The standard InChI is InChI=1S/C20H22Cl2N2O3/c1-13(2)12-27-15-7-4-6-14(10-15)20(26)24(3)11-18(25)23-19-16(21)8-5-9-17(19)22/h4-10,13H,11-12H2,1-3H3,(H,23,25). The minimum atomic E-state index is -0.395. The molecule has 2 aromatic carbocycles. The van der Waals surface area contributed by atoms with Gasteiger partial charge in [0.05, 0.1) is 28.9 Å². The minimum Gasteiger partial charge on any atom is -0.493 e. The molecule has 0 aliphatic carbocycles. The number of likely N-dealkylation sites (N-methyl/N-ethyl adjacent to an activating group) is 1. The van der Waals surface area contributed by atoms with E-state index in [1.807, 2.05) is 13.8 Å². The molecule has 0 unspecified atom stereocenters. The molecule has 0 saturated carbocycles. The Morgan fingerprint density at radius 3 is 2.37 bits per heavy atom. The molecule has 144 valence electrons. The lowest BCUT2D eigenvalue weighted by molar-refractivity contribution is -0.116. The third-order valence-corrected chi connectivity index (χ3v) is 4.25. The van der Waals surface area contributed by atoms with Crippen LogP contribution >= 0.6 is 23.2 Å². The van der Waals surface area contributed by atoms with Crippen molar-refractivity contribution in [1.29, 1.82) is 0 Å². The number of carbonyl (C=O) groups excluding carboxylic acids is 2. The van der Waals surface area contributed by atoms with E-state index in [4.69, 9.17) is 27.9 Å². The minimum absolute atomic E-state index is 0.141. The van der Waals surface area contributed by atoms with Gasteiger partial charge in [-0.3, -0.25) is 9.59 Å². The van der Waals surface area contributed by atoms with Gasteiger partial charge in [0.1, 0.15) is 5.75 Å². The second-order valence-electron chi connectivity index (χ2n) is 6.54. The van der Waals surface area contributed by atoms with Gasteiger partial charge in [-0.15, -0.1) is 0 Å². The number of nitrogens with one attached hydrogen (secondary N) is 1. The normalized spacial score (nSPS) is 10.6. The van der Waals surface area contributed by atoms with Gasteiger partial charge in [-0.1, -0.05) is 49.2 Å². The topological polar surface area (TPSA) is 58.6 Å². The molecule has 0 aliphatic rings. The third kappa shape index (κ3) is 6.15. The van der Waals surface area contributed by atoms with Crippen LogP contribution in [0.4, 0.5) is 5.69 Å². The number of ether oxygens (including phenoxy) is 1. The lowest BCUT2D eigenvalue weighted by Gasteiger charge is -2.18. The largest absolute Gasteiger partial charge is 0.493 e. The molecule has 5 nitrogen and oxygen atoms in total. The van der Waals surface area contributed by atoms with E-state index in [1.54, 1.807) is 49.5 Å². The highest BCUT2D eigenvalue weighted by atomic mass is 35.5. The van der Waals surface area contributed by atoms with Crippen LogP contribution in [0.5, 0.6) is 5.75 Å². The first-order valence-corrected chi connectivity index (χ1v) is 9.25. The first-order valence-electron chi connectivity index (χ1n) is 8.50. The lowest BCUT2D eigenvalue weighted by atomic mass is 10.2. The molecule has 0 aromatic heterocycles. The van der Waals surface area contributed by atoms with Crippen LogP contribution in [0.25, 0.3) is 0 Å². The maximum Gasteiger partial charge on any atom is 0.254 e. The number of hydrogen-bond acceptors (Lipinski definition) is 3. The predicted molar refractivity (Wildman–Crippen MR) is 109 cm³/mol. The van der Waals surface area contributed by atoms with Crippen LogP contribution in [-0.2, 0) is 4.79 Å². The average Bonchev–Trinajstić information content (AvgIpc) is 2.62. The Balaban J connectivity index is 2.01. The van der Waals surface area contributed by atoms with Crippen molar-refractivity contribution < 1.29 is 14.3 Å². The van der Waals surface area contributed by atoms with E-state index in [2.05, 4.69) is 5.32 Å². The number of carbonyl (C=O) groups is 2. The summed E-state index contributed by atoms with van der Waals surface area (Å²) in [5.74, 6) is 0.320. The molecular weight excluding hydrogens is 387 g/mol. The lowest BCUT2D eigenvalue weighted by Crippen LogP contribution is -2.35. The molecule has 2 aromatic rings. The van der Waals surface area contributed by atoms with Gasteiger partial charge in [0.25, 0.3) is 5.91 Å². The zero-order valence-electron chi connectivity index (χ0n) is 15.5. The zero-order chi connectivity index (χ0) is 20.0. The Morgan fingerprint density at radius 1 is 1.11 bits per heavy atom. The average molecular weight is 409 g/mol. The van der Waals surface area contributed by atoms with Gasteiger partial charge >= 0.3 is 0 Å². The van der Waals surface area contributed by atoms with E-state index in [0.717, 1.165) is 0 Å². The van der Waals surface area contributed by atoms with Crippen LogP contribution in [0.3, 0.4) is 0 Å². The van der Waals surface area contributed by atoms with Crippen LogP contribution in [0.1, 0.15) is 24.2 Å². The summed E-state index contributed by atoms with van der Waals surface area (Å²) in [5, 5.41) is 3.30. The molecule has 2 rings (SSSR count). The summed E-state index contributed by atoms with van der Waals surface area (Å²) in [5.41, 5.74) is 0.776. The third-order valence-electron chi connectivity index (χ3n) is 3.62. The van der Waals surface area contributed by atoms with Crippen molar-refractivity contribution in [3.63, 3.8) is 0 Å². The second-order valence-corrected chi connectivity index (χ2v) is 7.35. The first-order chi connectivity index (χ1) is 12.8. The summed E-state index contributed by atoms with van der Waals surface area (Å²) in [6.07, 6.45) is 0. The Kier molecular flexibility index (Phi) is 7.51. The summed E-state index contributed by atoms with van der Waals surface area (Å²) >= 11 is 12.1. The number of benzene rings is 2. The molecule has 0 radical (unpaired) electrons. The van der Waals surface area contributed by atoms with Crippen molar-refractivity contribution in [3.8, 4) is 5.75 Å². The summed E-state index contributed by atoms with van der Waals surface area (Å²) in [6, 6.07) is 11.8. The van der Waals surface area contributed by atoms with E-state index in [-0.39, 0.29) is 12.5 Å². The van der Waals surface area contributed by atoms with E-state index >= 15 is 0 Å². The Morgan fingerprint density at radius 2 is 1.74 bits per heavy atom. The molecule has 0 saturated heterocycles. The highest BCUT2D eigenvalue weighted by Gasteiger charge is 2.17. The van der Waals surface area contributed by atoms with Gasteiger partial charge in [0.15, 0.2) is 0 Å². The van der Waals surface area contributed by atoms with Crippen molar-refractivity contribution in [2.75, 3.05) is 25.5 Å². The number of nitrogens with zero attached hydrogens (tertiary/aromatic N) is 1. The van der Waals surface area contributed by atoms with Gasteiger partial charge in [-0.2, -0.15) is 0 Å². The van der Waals surface area contributed by atoms with Gasteiger partial charge in [-0.25, -0.2) is 0 Å². The van der Waals surface area contributed by atoms with Gasteiger partial charge in [-0.05, 0) is 36.2 Å². The Hall–Kier alpha value is -2.24. The molecule has 1 N–H and O–H groups in total. The molecule has 7 heteroatoms. The monoisotopic (exact) mass is 408 g/mol. The van der Waals surface area contributed by atoms with Crippen LogP contribution in [0.15, 0.2) is 42.5 Å². The molecule has 0 bridgehead atoms. The number of anilines is 1. The number of para-hydroxylation sites is 1. The van der Waals surface area contributed by atoms with Gasteiger partial charge in [0, 0.05) is 12.6 Å². The van der Waals surface area contributed by atoms with Crippen molar-refractivity contribution in [3.05, 3.63) is 58.1 Å². The van der Waals surface area contributed by atoms with E-state index < -0.39 is 5.91 Å². The summed E-state index contributed by atoms with van der Waals surface area (Å²) in [7, 11) is 1.55. The van der Waals surface area contributed by atoms with Gasteiger partial charge < -0.3 is 15.0 Å². The maximum absolute atomic E-state index is 12.6. The molecular formula is C20H22Cl2N2O3. The van der Waals surface area contributed by atoms with E-state index in [9.17, 15) is 9.59 Å². The van der Waals surface area contributed by atoms with Gasteiger partial charge in [0.2, 0.25) is 5.91 Å². The molecule has 0 aliphatic heterocycles. The molecule has 0 fully saturated rings. The smallest absolute Gasteiger partial charge is 0.254 e.